The highest BCUT2D eigenvalue weighted by Crippen LogP contribution is 2.26. The highest BCUT2D eigenvalue weighted by atomic mass is 32.2. The van der Waals surface area contributed by atoms with E-state index >= 15 is 0 Å². The summed E-state index contributed by atoms with van der Waals surface area (Å²) in [4.78, 5) is 0.0284. The molecular formula is C12H17FN2O3S. The zero-order chi connectivity index (χ0) is 14.2. The fraction of sp³-hybridized carbons (Fsp3) is 0.500. The van der Waals surface area contributed by atoms with E-state index in [-0.39, 0.29) is 22.3 Å². The van der Waals surface area contributed by atoms with Crippen LogP contribution in [-0.2, 0) is 14.8 Å². The van der Waals surface area contributed by atoms with Crippen LogP contribution in [0.5, 0.6) is 0 Å². The SMILES string of the molecule is COC1CCN(S(=O)(=O)c2cc(C)c(F)c(N)c2)C1. The normalized spacial score (nSPS) is 20.9. The fourth-order valence-corrected chi connectivity index (χ4v) is 3.78. The van der Waals surface area contributed by atoms with E-state index in [4.69, 9.17) is 10.5 Å². The number of hydrogen-bond donors (Lipinski definition) is 1. The van der Waals surface area contributed by atoms with Gasteiger partial charge in [0.25, 0.3) is 0 Å². The minimum atomic E-state index is -3.64. The predicted molar refractivity (Wildman–Crippen MR) is 69.7 cm³/mol. The van der Waals surface area contributed by atoms with Crippen LogP contribution >= 0.6 is 0 Å². The Morgan fingerprint density at radius 1 is 1.47 bits per heavy atom. The molecule has 19 heavy (non-hydrogen) atoms. The molecule has 0 aromatic heterocycles. The summed E-state index contributed by atoms with van der Waals surface area (Å²) in [5.41, 5.74) is 5.56. The molecule has 2 N–H and O–H groups in total. The number of halogens is 1. The first kappa shape index (κ1) is 14.2. The van der Waals surface area contributed by atoms with Crippen LogP contribution in [0, 0.1) is 12.7 Å². The van der Waals surface area contributed by atoms with Gasteiger partial charge in [-0.1, -0.05) is 0 Å². The van der Waals surface area contributed by atoms with Crippen molar-refractivity contribution < 1.29 is 17.5 Å². The van der Waals surface area contributed by atoms with E-state index in [1.165, 1.54) is 17.3 Å². The Morgan fingerprint density at radius 2 is 2.16 bits per heavy atom. The van der Waals surface area contributed by atoms with E-state index in [0.29, 0.717) is 19.5 Å². The van der Waals surface area contributed by atoms with Crippen molar-refractivity contribution >= 4 is 15.7 Å². The van der Waals surface area contributed by atoms with Crippen molar-refractivity contribution in [2.45, 2.75) is 24.3 Å². The first-order chi connectivity index (χ1) is 8.86. The first-order valence-electron chi connectivity index (χ1n) is 5.95. The molecule has 0 amide bonds. The van der Waals surface area contributed by atoms with Gasteiger partial charge in [0.2, 0.25) is 10.0 Å². The molecule has 0 spiro atoms. The molecule has 1 aliphatic rings. The number of sulfonamides is 1. The van der Waals surface area contributed by atoms with Crippen molar-refractivity contribution in [2.24, 2.45) is 0 Å². The van der Waals surface area contributed by atoms with Gasteiger partial charge in [-0.25, -0.2) is 12.8 Å². The van der Waals surface area contributed by atoms with E-state index in [1.54, 1.807) is 7.11 Å². The minimum Gasteiger partial charge on any atom is -0.396 e. The summed E-state index contributed by atoms with van der Waals surface area (Å²) in [7, 11) is -2.08. The zero-order valence-corrected chi connectivity index (χ0v) is 11.7. The van der Waals surface area contributed by atoms with E-state index in [2.05, 4.69) is 0 Å². The van der Waals surface area contributed by atoms with E-state index in [0.717, 1.165) is 6.07 Å². The van der Waals surface area contributed by atoms with Crippen LogP contribution in [0.1, 0.15) is 12.0 Å². The summed E-state index contributed by atoms with van der Waals surface area (Å²) >= 11 is 0. The van der Waals surface area contributed by atoms with Crippen LogP contribution in [0.3, 0.4) is 0 Å². The summed E-state index contributed by atoms with van der Waals surface area (Å²) in [6, 6.07) is 2.47. The standard InChI is InChI=1S/C12H17FN2O3S/c1-8-5-10(6-11(14)12(8)13)19(16,17)15-4-3-9(7-15)18-2/h5-6,9H,3-4,7,14H2,1-2H3. The van der Waals surface area contributed by atoms with E-state index in [9.17, 15) is 12.8 Å². The zero-order valence-electron chi connectivity index (χ0n) is 10.9. The van der Waals surface area contributed by atoms with Gasteiger partial charge >= 0.3 is 0 Å². The number of hydrogen-bond acceptors (Lipinski definition) is 4. The molecule has 1 unspecified atom stereocenters. The summed E-state index contributed by atoms with van der Waals surface area (Å²) in [5, 5.41) is 0. The maximum Gasteiger partial charge on any atom is 0.243 e. The molecule has 5 nitrogen and oxygen atoms in total. The largest absolute Gasteiger partial charge is 0.396 e. The number of anilines is 1. The molecule has 1 aromatic carbocycles. The fourth-order valence-electron chi connectivity index (χ4n) is 2.17. The number of ether oxygens (including phenoxy) is 1. The van der Waals surface area contributed by atoms with Crippen LogP contribution < -0.4 is 5.73 Å². The molecule has 1 aliphatic heterocycles. The Hall–Kier alpha value is -1.18. The summed E-state index contributed by atoms with van der Waals surface area (Å²) in [5.74, 6) is -0.574. The lowest BCUT2D eigenvalue weighted by Crippen LogP contribution is -2.30. The molecule has 1 saturated heterocycles. The van der Waals surface area contributed by atoms with Gasteiger partial charge in [-0.05, 0) is 31.0 Å². The molecule has 1 atom stereocenters. The Bertz CT molecular complexity index is 566. The van der Waals surface area contributed by atoms with Crippen LogP contribution in [-0.4, -0.2) is 39.0 Å². The topological polar surface area (TPSA) is 72.6 Å². The Balaban J connectivity index is 2.35. The average molecular weight is 288 g/mol. The molecule has 0 aliphatic carbocycles. The predicted octanol–water partition coefficient (Wildman–Crippen LogP) is 1.13. The minimum absolute atomic E-state index is 0.0284. The molecule has 0 saturated carbocycles. The summed E-state index contributed by atoms with van der Waals surface area (Å²) in [6.07, 6.45) is 0.569. The van der Waals surface area contributed by atoms with Crippen LogP contribution in [0.4, 0.5) is 10.1 Å². The maximum atomic E-state index is 13.4. The number of benzene rings is 1. The lowest BCUT2D eigenvalue weighted by molar-refractivity contribution is 0.115. The third-order valence-electron chi connectivity index (χ3n) is 3.34. The van der Waals surface area contributed by atoms with Crippen molar-refractivity contribution in [1.82, 2.24) is 4.31 Å². The molecule has 106 valence electrons. The van der Waals surface area contributed by atoms with Gasteiger partial charge in [-0.15, -0.1) is 0 Å². The van der Waals surface area contributed by atoms with Crippen LogP contribution in [0.2, 0.25) is 0 Å². The van der Waals surface area contributed by atoms with Crippen molar-refractivity contribution in [3.05, 3.63) is 23.5 Å². The molecule has 0 radical (unpaired) electrons. The van der Waals surface area contributed by atoms with Crippen molar-refractivity contribution in [1.29, 1.82) is 0 Å². The second-order valence-electron chi connectivity index (χ2n) is 4.65. The van der Waals surface area contributed by atoms with Gasteiger partial charge in [0.15, 0.2) is 0 Å². The number of methoxy groups -OCH3 is 1. The number of nitrogens with two attached hydrogens (primary N) is 1. The van der Waals surface area contributed by atoms with Crippen molar-refractivity contribution in [3.63, 3.8) is 0 Å². The molecule has 0 bridgehead atoms. The molecular weight excluding hydrogens is 271 g/mol. The van der Waals surface area contributed by atoms with Crippen LogP contribution in [0.25, 0.3) is 0 Å². The Kier molecular flexibility index (Phi) is 3.80. The maximum absolute atomic E-state index is 13.4. The van der Waals surface area contributed by atoms with Gasteiger partial charge in [0, 0.05) is 20.2 Å². The summed E-state index contributed by atoms with van der Waals surface area (Å²) in [6.45, 7) is 2.21. The van der Waals surface area contributed by atoms with E-state index < -0.39 is 15.8 Å². The van der Waals surface area contributed by atoms with Gasteiger partial charge in [0.05, 0.1) is 16.7 Å². The van der Waals surface area contributed by atoms with Crippen molar-refractivity contribution in [3.8, 4) is 0 Å². The lowest BCUT2D eigenvalue weighted by atomic mass is 10.2. The molecule has 7 heteroatoms. The quantitative estimate of drug-likeness (QED) is 0.846. The Morgan fingerprint density at radius 3 is 2.68 bits per heavy atom. The van der Waals surface area contributed by atoms with Gasteiger partial charge in [0.1, 0.15) is 5.82 Å². The highest BCUT2D eigenvalue weighted by molar-refractivity contribution is 7.89. The summed E-state index contributed by atoms with van der Waals surface area (Å²) < 4.78 is 44.7. The number of nitrogens with zero attached hydrogens (tertiary/aromatic N) is 1. The number of rotatable bonds is 3. The first-order valence-corrected chi connectivity index (χ1v) is 7.39. The third kappa shape index (κ3) is 2.58. The van der Waals surface area contributed by atoms with Crippen molar-refractivity contribution in [2.75, 3.05) is 25.9 Å². The molecule has 1 fully saturated rings. The second-order valence-corrected chi connectivity index (χ2v) is 6.59. The number of nitrogen functional groups attached to an aromatic ring is 1. The van der Waals surface area contributed by atoms with Gasteiger partial charge in [-0.3, -0.25) is 0 Å². The van der Waals surface area contributed by atoms with Crippen LogP contribution in [0.15, 0.2) is 17.0 Å². The molecule has 1 aromatic rings. The monoisotopic (exact) mass is 288 g/mol. The highest BCUT2D eigenvalue weighted by Gasteiger charge is 2.33. The second kappa shape index (κ2) is 5.07. The van der Waals surface area contributed by atoms with Gasteiger partial charge in [-0.2, -0.15) is 4.31 Å². The van der Waals surface area contributed by atoms with Gasteiger partial charge < -0.3 is 10.5 Å². The average Bonchev–Trinajstić information content (AvgIpc) is 2.84. The Labute approximate surface area is 112 Å². The number of aryl methyl sites for hydroxylation is 1. The lowest BCUT2D eigenvalue weighted by Gasteiger charge is -2.17. The molecule has 2 rings (SSSR count). The van der Waals surface area contributed by atoms with E-state index in [1.807, 2.05) is 0 Å². The molecule has 1 heterocycles. The smallest absolute Gasteiger partial charge is 0.243 e. The third-order valence-corrected chi connectivity index (χ3v) is 5.18.